The summed E-state index contributed by atoms with van der Waals surface area (Å²) in [7, 11) is 0. The van der Waals surface area contributed by atoms with Crippen LogP contribution < -0.4 is 4.90 Å². The van der Waals surface area contributed by atoms with Gasteiger partial charge >= 0.3 is 0 Å². The van der Waals surface area contributed by atoms with Crippen LogP contribution in [0.3, 0.4) is 0 Å². The summed E-state index contributed by atoms with van der Waals surface area (Å²) in [5.41, 5.74) is 5.33. The molecule has 1 heterocycles. The fourth-order valence-corrected chi connectivity index (χ4v) is 2.73. The van der Waals surface area contributed by atoms with Gasteiger partial charge in [-0.25, -0.2) is 0 Å². The first-order chi connectivity index (χ1) is 9.38. The average molecular weight is 253 g/mol. The summed E-state index contributed by atoms with van der Waals surface area (Å²) in [5.74, 6) is 0. The monoisotopic (exact) mass is 253 g/mol. The lowest BCUT2D eigenvalue weighted by atomic mass is 10.1. The van der Waals surface area contributed by atoms with Crippen LogP contribution in [0.5, 0.6) is 0 Å². The number of benzene rings is 2. The Hall–Kier alpha value is -1.80. The Morgan fingerprint density at radius 3 is 2.58 bits per heavy atom. The standard InChI is InChI=1S/C17H19NO/c19-13-3-4-14-7-9-16(10-8-14)18-12-11-15-5-1-2-6-17(15)18/h1-2,5-10,19H,3-4,11-13H2. The van der Waals surface area contributed by atoms with Crippen LogP contribution in [0.25, 0.3) is 0 Å². The number of aliphatic hydroxyl groups is 1. The van der Waals surface area contributed by atoms with E-state index in [1.807, 2.05) is 0 Å². The molecular formula is C17H19NO. The number of aryl methyl sites for hydroxylation is 1. The summed E-state index contributed by atoms with van der Waals surface area (Å²) in [6, 6.07) is 17.3. The van der Waals surface area contributed by atoms with Gasteiger partial charge in [0, 0.05) is 24.5 Å². The van der Waals surface area contributed by atoms with Crippen molar-refractivity contribution in [3.8, 4) is 0 Å². The Morgan fingerprint density at radius 1 is 1.00 bits per heavy atom. The van der Waals surface area contributed by atoms with E-state index in [0.29, 0.717) is 0 Å². The molecule has 0 saturated heterocycles. The van der Waals surface area contributed by atoms with Gasteiger partial charge in [0.2, 0.25) is 0 Å². The largest absolute Gasteiger partial charge is 0.396 e. The van der Waals surface area contributed by atoms with Crippen molar-refractivity contribution in [3.63, 3.8) is 0 Å². The number of hydrogen-bond donors (Lipinski definition) is 1. The molecule has 19 heavy (non-hydrogen) atoms. The molecule has 0 fully saturated rings. The van der Waals surface area contributed by atoms with E-state index in [9.17, 15) is 0 Å². The first kappa shape index (κ1) is 12.2. The Bertz CT molecular complexity index is 547. The number of anilines is 2. The predicted octanol–water partition coefficient (Wildman–Crippen LogP) is 3.31. The van der Waals surface area contributed by atoms with Crippen LogP contribution in [0, 0.1) is 0 Å². The van der Waals surface area contributed by atoms with Gasteiger partial charge in [0.25, 0.3) is 0 Å². The maximum absolute atomic E-state index is 8.86. The molecule has 0 unspecified atom stereocenters. The fourth-order valence-electron chi connectivity index (χ4n) is 2.73. The summed E-state index contributed by atoms with van der Waals surface area (Å²) in [6.45, 7) is 1.33. The SMILES string of the molecule is OCCCc1ccc(N2CCc3ccccc32)cc1. The Balaban J connectivity index is 1.80. The molecule has 2 heteroatoms. The third-order valence-electron chi connectivity index (χ3n) is 3.76. The van der Waals surface area contributed by atoms with Crippen LogP contribution in [0.2, 0.25) is 0 Å². The molecule has 2 aromatic carbocycles. The summed E-state index contributed by atoms with van der Waals surface area (Å²) in [4.78, 5) is 2.38. The molecule has 0 saturated carbocycles. The van der Waals surface area contributed by atoms with Crippen molar-refractivity contribution in [2.24, 2.45) is 0 Å². The Labute approximate surface area is 114 Å². The second kappa shape index (κ2) is 5.45. The average Bonchev–Trinajstić information content (AvgIpc) is 2.90. The summed E-state index contributed by atoms with van der Waals surface area (Å²) < 4.78 is 0. The van der Waals surface area contributed by atoms with Crippen molar-refractivity contribution in [3.05, 3.63) is 59.7 Å². The molecule has 1 N–H and O–H groups in total. The maximum Gasteiger partial charge on any atom is 0.0444 e. The van der Waals surface area contributed by atoms with Crippen LogP contribution in [-0.4, -0.2) is 18.3 Å². The summed E-state index contributed by atoms with van der Waals surface area (Å²) >= 11 is 0. The minimum Gasteiger partial charge on any atom is -0.396 e. The van der Waals surface area contributed by atoms with Crippen molar-refractivity contribution in [1.29, 1.82) is 0 Å². The third kappa shape index (κ3) is 2.49. The summed E-state index contributed by atoms with van der Waals surface area (Å²) in [6.07, 6.45) is 2.92. The van der Waals surface area contributed by atoms with E-state index >= 15 is 0 Å². The predicted molar refractivity (Wildman–Crippen MR) is 79.0 cm³/mol. The highest BCUT2D eigenvalue weighted by Crippen LogP contribution is 2.34. The molecule has 2 aromatic rings. The highest BCUT2D eigenvalue weighted by molar-refractivity contribution is 5.69. The van der Waals surface area contributed by atoms with Crippen molar-refractivity contribution >= 4 is 11.4 Å². The lowest BCUT2D eigenvalue weighted by Crippen LogP contribution is -2.13. The Morgan fingerprint density at radius 2 is 1.79 bits per heavy atom. The fraction of sp³-hybridized carbons (Fsp3) is 0.294. The van der Waals surface area contributed by atoms with Crippen LogP contribution in [0.4, 0.5) is 11.4 Å². The highest BCUT2D eigenvalue weighted by Gasteiger charge is 2.19. The van der Waals surface area contributed by atoms with E-state index < -0.39 is 0 Å². The van der Waals surface area contributed by atoms with Gasteiger partial charge in [-0.15, -0.1) is 0 Å². The van der Waals surface area contributed by atoms with E-state index in [4.69, 9.17) is 5.11 Å². The van der Waals surface area contributed by atoms with Gasteiger partial charge in [-0.1, -0.05) is 30.3 Å². The van der Waals surface area contributed by atoms with Crippen molar-refractivity contribution in [2.45, 2.75) is 19.3 Å². The molecule has 1 aliphatic heterocycles. The molecule has 0 radical (unpaired) electrons. The van der Waals surface area contributed by atoms with Crippen LogP contribution in [-0.2, 0) is 12.8 Å². The first-order valence-corrected chi connectivity index (χ1v) is 6.94. The molecule has 0 aliphatic carbocycles. The number of hydrogen-bond acceptors (Lipinski definition) is 2. The molecule has 0 aromatic heterocycles. The molecule has 0 spiro atoms. The third-order valence-corrected chi connectivity index (χ3v) is 3.76. The molecular weight excluding hydrogens is 234 g/mol. The van der Waals surface area contributed by atoms with E-state index in [0.717, 1.165) is 25.8 Å². The van der Waals surface area contributed by atoms with Gasteiger partial charge < -0.3 is 10.0 Å². The second-order valence-electron chi connectivity index (χ2n) is 5.02. The Kier molecular flexibility index (Phi) is 3.51. The molecule has 98 valence electrons. The quantitative estimate of drug-likeness (QED) is 0.903. The van der Waals surface area contributed by atoms with E-state index in [1.165, 1.54) is 22.5 Å². The zero-order valence-corrected chi connectivity index (χ0v) is 11.0. The van der Waals surface area contributed by atoms with Gasteiger partial charge in [-0.2, -0.15) is 0 Å². The zero-order valence-electron chi connectivity index (χ0n) is 11.0. The minimum atomic E-state index is 0.265. The number of nitrogens with zero attached hydrogens (tertiary/aromatic N) is 1. The van der Waals surface area contributed by atoms with Gasteiger partial charge in [0.1, 0.15) is 0 Å². The number of fused-ring (bicyclic) bond motifs is 1. The van der Waals surface area contributed by atoms with Crippen LogP contribution in [0.1, 0.15) is 17.5 Å². The number of rotatable bonds is 4. The molecule has 1 aliphatic rings. The summed E-state index contributed by atoms with van der Waals surface area (Å²) in [5, 5.41) is 8.86. The molecule has 0 amide bonds. The maximum atomic E-state index is 8.86. The molecule has 0 atom stereocenters. The molecule has 2 nitrogen and oxygen atoms in total. The van der Waals surface area contributed by atoms with E-state index in [2.05, 4.69) is 53.4 Å². The number of aliphatic hydroxyl groups excluding tert-OH is 1. The lowest BCUT2D eigenvalue weighted by molar-refractivity contribution is 0.288. The van der Waals surface area contributed by atoms with Gasteiger partial charge in [-0.05, 0) is 48.6 Å². The van der Waals surface area contributed by atoms with Gasteiger partial charge in [-0.3, -0.25) is 0 Å². The number of para-hydroxylation sites is 1. The highest BCUT2D eigenvalue weighted by atomic mass is 16.2. The topological polar surface area (TPSA) is 23.5 Å². The normalized spacial score (nSPS) is 13.6. The van der Waals surface area contributed by atoms with Gasteiger partial charge in [0.05, 0.1) is 0 Å². The lowest BCUT2D eigenvalue weighted by Gasteiger charge is -2.19. The first-order valence-electron chi connectivity index (χ1n) is 6.94. The zero-order chi connectivity index (χ0) is 13.1. The molecule has 0 bridgehead atoms. The van der Waals surface area contributed by atoms with Crippen molar-refractivity contribution < 1.29 is 5.11 Å². The molecule has 3 rings (SSSR count). The van der Waals surface area contributed by atoms with E-state index in [1.54, 1.807) is 0 Å². The van der Waals surface area contributed by atoms with Gasteiger partial charge in [0.15, 0.2) is 0 Å². The van der Waals surface area contributed by atoms with E-state index in [-0.39, 0.29) is 6.61 Å². The van der Waals surface area contributed by atoms with Crippen molar-refractivity contribution in [2.75, 3.05) is 18.1 Å². The van der Waals surface area contributed by atoms with Crippen LogP contribution in [0.15, 0.2) is 48.5 Å². The second-order valence-corrected chi connectivity index (χ2v) is 5.02. The van der Waals surface area contributed by atoms with Crippen molar-refractivity contribution in [1.82, 2.24) is 0 Å². The smallest absolute Gasteiger partial charge is 0.0444 e. The van der Waals surface area contributed by atoms with Crippen LogP contribution >= 0.6 is 0 Å². The minimum absolute atomic E-state index is 0.265.